The lowest BCUT2D eigenvalue weighted by Crippen LogP contribution is -2.52. The maximum Gasteiger partial charge on any atom is 0.338 e. The standard InChI is InChI=1S/C46H54O4/c1-5-9-19-31-27-28-32(20-10-6-2)38-37(31)41-39-33(21-11-7-3)29-30-34(22-12-8-4)40(39)42(38)44(50-46(48)36-25-17-14-18-26-36)43(41)49-45(47)35-23-15-13-16-24-35/h13-18,23-30,41-44H,5-12,19-22H2,1-4H3/t41-,42-,43?,44?. The Balaban J connectivity index is 1.64. The van der Waals surface area contributed by atoms with Gasteiger partial charge in [0.25, 0.3) is 0 Å². The summed E-state index contributed by atoms with van der Waals surface area (Å²) in [5, 5.41) is 0. The molecule has 7 rings (SSSR count). The summed E-state index contributed by atoms with van der Waals surface area (Å²) < 4.78 is 13.4. The van der Waals surface area contributed by atoms with Crippen molar-refractivity contribution < 1.29 is 19.1 Å². The largest absolute Gasteiger partial charge is 0.454 e. The summed E-state index contributed by atoms with van der Waals surface area (Å²) in [6.45, 7) is 8.98. The summed E-state index contributed by atoms with van der Waals surface area (Å²) in [5.74, 6) is -1.20. The van der Waals surface area contributed by atoms with Crippen LogP contribution >= 0.6 is 0 Å². The van der Waals surface area contributed by atoms with E-state index in [1.807, 2.05) is 36.4 Å². The number of aryl methyl sites for hydroxylation is 4. The molecule has 3 aliphatic carbocycles. The minimum Gasteiger partial charge on any atom is -0.454 e. The van der Waals surface area contributed by atoms with Crippen LogP contribution in [0.2, 0.25) is 0 Å². The first-order valence-corrected chi connectivity index (χ1v) is 19.3. The second-order valence-electron chi connectivity index (χ2n) is 14.3. The van der Waals surface area contributed by atoms with Crippen LogP contribution in [0.25, 0.3) is 0 Å². The molecule has 0 heterocycles. The van der Waals surface area contributed by atoms with Crippen molar-refractivity contribution in [2.45, 2.75) is 129 Å². The smallest absolute Gasteiger partial charge is 0.338 e. The van der Waals surface area contributed by atoms with Gasteiger partial charge in [-0.15, -0.1) is 0 Å². The Hall–Kier alpha value is -4.18. The number of unbranched alkanes of at least 4 members (excludes halogenated alkanes) is 4. The SMILES string of the molecule is CCCCc1ccc(CCCC)c2c1[C@H]1c3c(CCCC)ccc(CCCC)c3[C@H]2C(OC(=O)c2ccccc2)C1OC(=O)c1ccccc1. The Kier molecular flexibility index (Phi) is 11.9. The van der Waals surface area contributed by atoms with Crippen LogP contribution in [0.1, 0.15) is 156 Å². The molecular formula is C46H54O4. The maximum absolute atomic E-state index is 14.1. The summed E-state index contributed by atoms with van der Waals surface area (Å²) in [6, 6.07) is 27.9. The van der Waals surface area contributed by atoms with Gasteiger partial charge in [-0.1, -0.05) is 114 Å². The van der Waals surface area contributed by atoms with E-state index >= 15 is 0 Å². The molecule has 2 unspecified atom stereocenters. The van der Waals surface area contributed by atoms with E-state index in [2.05, 4.69) is 52.0 Å². The lowest BCUT2D eigenvalue weighted by Gasteiger charge is -2.52. The lowest BCUT2D eigenvalue weighted by molar-refractivity contribution is -0.0562. The molecule has 0 aromatic heterocycles. The van der Waals surface area contributed by atoms with Gasteiger partial charge in [-0.05, 0) is 120 Å². The quantitative estimate of drug-likeness (QED) is 0.111. The zero-order valence-electron chi connectivity index (χ0n) is 30.5. The van der Waals surface area contributed by atoms with E-state index in [0.717, 1.165) is 77.0 Å². The van der Waals surface area contributed by atoms with Crippen molar-refractivity contribution in [3.8, 4) is 0 Å². The average Bonchev–Trinajstić information content (AvgIpc) is 3.16. The summed E-state index contributed by atoms with van der Waals surface area (Å²) in [4.78, 5) is 28.2. The molecule has 0 amide bonds. The molecule has 0 spiro atoms. The van der Waals surface area contributed by atoms with Crippen molar-refractivity contribution in [2.75, 3.05) is 0 Å². The van der Waals surface area contributed by atoms with E-state index in [9.17, 15) is 9.59 Å². The van der Waals surface area contributed by atoms with Crippen molar-refractivity contribution in [3.05, 3.63) is 141 Å². The number of hydrogen-bond donors (Lipinski definition) is 0. The molecule has 2 atom stereocenters. The predicted molar refractivity (Wildman–Crippen MR) is 202 cm³/mol. The highest BCUT2D eigenvalue weighted by Gasteiger charge is 2.56. The monoisotopic (exact) mass is 670 g/mol. The van der Waals surface area contributed by atoms with Gasteiger partial charge in [0.2, 0.25) is 0 Å². The molecule has 0 saturated heterocycles. The van der Waals surface area contributed by atoms with Gasteiger partial charge in [-0.25, -0.2) is 9.59 Å². The fourth-order valence-corrected chi connectivity index (χ4v) is 8.39. The maximum atomic E-state index is 14.1. The third kappa shape index (κ3) is 7.18. The second-order valence-corrected chi connectivity index (χ2v) is 14.3. The molecular weight excluding hydrogens is 617 g/mol. The van der Waals surface area contributed by atoms with E-state index in [1.54, 1.807) is 24.3 Å². The Morgan fingerprint density at radius 1 is 0.440 bits per heavy atom. The Bertz CT molecular complexity index is 1560. The molecule has 0 saturated carbocycles. The van der Waals surface area contributed by atoms with Crippen LogP contribution in [0.3, 0.4) is 0 Å². The summed E-state index contributed by atoms with van der Waals surface area (Å²) in [6.07, 6.45) is 11.3. The van der Waals surface area contributed by atoms with E-state index in [1.165, 1.54) is 44.5 Å². The first-order valence-electron chi connectivity index (χ1n) is 19.3. The van der Waals surface area contributed by atoms with E-state index in [4.69, 9.17) is 9.47 Å². The number of benzene rings is 4. The van der Waals surface area contributed by atoms with Gasteiger partial charge in [0.1, 0.15) is 0 Å². The number of carbonyl (C=O) groups excluding carboxylic acids is 2. The summed E-state index contributed by atoms with van der Waals surface area (Å²) >= 11 is 0. The van der Waals surface area contributed by atoms with Gasteiger partial charge in [0.05, 0.1) is 23.0 Å². The third-order valence-corrected chi connectivity index (χ3v) is 10.9. The normalized spacial score (nSPS) is 18.7. The average molecular weight is 671 g/mol. The van der Waals surface area contributed by atoms with E-state index in [-0.39, 0.29) is 23.8 Å². The molecule has 4 aromatic rings. The number of hydrogen-bond acceptors (Lipinski definition) is 4. The van der Waals surface area contributed by atoms with Crippen molar-refractivity contribution >= 4 is 11.9 Å². The van der Waals surface area contributed by atoms with Crippen LogP contribution in [-0.4, -0.2) is 24.1 Å². The minimum atomic E-state index is -0.663. The lowest BCUT2D eigenvalue weighted by atomic mass is 9.56. The van der Waals surface area contributed by atoms with Crippen molar-refractivity contribution in [2.24, 2.45) is 0 Å². The predicted octanol–water partition coefficient (Wildman–Crippen LogP) is 11.1. The molecule has 4 heteroatoms. The number of carbonyl (C=O) groups is 2. The molecule has 0 aliphatic heterocycles. The van der Waals surface area contributed by atoms with Gasteiger partial charge in [0, 0.05) is 0 Å². The highest BCUT2D eigenvalue weighted by molar-refractivity contribution is 5.91. The van der Waals surface area contributed by atoms with Crippen LogP contribution in [-0.2, 0) is 35.2 Å². The molecule has 4 aromatic carbocycles. The Morgan fingerprint density at radius 3 is 0.980 bits per heavy atom. The fraction of sp³-hybridized carbons (Fsp3) is 0.435. The van der Waals surface area contributed by atoms with Crippen LogP contribution in [0.4, 0.5) is 0 Å². The van der Waals surface area contributed by atoms with Crippen LogP contribution < -0.4 is 0 Å². The second kappa shape index (κ2) is 16.7. The Morgan fingerprint density at radius 2 is 0.720 bits per heavy atom. The zero-order chi connectivity index (χ0) is 35.0. The van der Waals surface area contributed by atoms with Crippen LogP contribution in [0.15, 0.2) is 84.9 Å². The van der Waals surface area contributed by atoms with Gasteiger partial charge in [-0.3, -0.25) is 0 Å². The van der Waals surface area contributed by atoms with E-state index < -0.39 is 12.2 Å². The minimum absolute atomic E-state index is 0.229. The highest BCUT2D eigenvalue weighted by atomic mass is 16.6. The molecule has 4 nitrogen and oxygen atoms in total. The topological polar surface area (TPSA) is 52.6 Å². The summed E-state index contributed by atoms with van der Waals surface area (Å²) in [5.41, 5.74) is 11.7. The van der Waals surface area contributed by atoms with Crippen molar-refractivity contribution in [1.29, 1.82) is 0 Å². The first-order chi connectivity index (χ1) is 24.5. The Labute approximate surface area is 299 Å². The summed E-state index contributed by atoms with van der Waals surface area (Å²) in [7, 11) is 0. The molecule has 2 bridgehead atoms. The van der Waals surface area contributed by atoms with Gasteiger partial charge in [0.15, 0.2) is 12.2 Å². The third-order valence-electron chi connectivity index (χ3n) is 10.9. The molecule has 0 fully saturated rings. The number of rotatable bonds is 16. The van der Waals surface area contributed by atoms with Gasteiger partial charge in [-0.2, -0.15) is 0 Å². The number of ether oxygens (including phenoxy) is 2. The highest BCUT2D eigenvalue weighted by Crippen LogP contribution is 2.59. The van der Waals surface area contributed by atoms with Crippen LogP contribution in [0.5, 0.6) is 0 Å². The first kappa shape index (κ1) is 35.6. The van der Waals surface area contributed by atoms with Gasteiger partial charge >= 0.3 is 11.9 Å². The van der Waals surface area contributed by atoms with Crippen molar-refractivity contribution in [1.82, 2.24) is 0 Å². The molecule has 262 valence electrons. The molecule has 0 radical (unpaired) electrons. The van der Waals surface area contributed by atoms with E-state index in [0.29, 0.717) is 11.1 Å². The number of esters is 2. The van der Waals surface area contributed by atoms with Crippen molar-refractivity contribution in [3.63, 3.8) is 0 Å². The van der Waals surface area contributed by atoms with Crippen LogP contribution in [0, 0.1) is 0 Å². The molecule has 3 aliphatic rings. The fourth-order valence-electron chi connectivity index (χ4n) is 8.39. The van der Waals surface area contributed by atoms with Gasteiger partial charge < -0.3 is 9.47 Å². The zero-order valence-corrected chi connectivity index (χ0v) is 30.5. The molecule has 50 heavy (non-hydrogen) atoms. The molecule has 0 N–H and O–H groups in total. The number of fused-ring (bicyclic) bond motifs is 1.